The van der Waals surface area contributed by atoms with Crippen LogP contribution in [0.1, 0.15) is 28.7 Å². The van der Waals surface area contributed by atoms with E-state index in [0.29, 0.717) is 16.6 Å². The van der Waals surface area contributed by atoms with Crippen molar-refractivity contribution in [3.05, 3.63) is 10.6 Å². The van der Waals surface area contributed by atoms with Crippen LogP contribution in [0.3, 0.4) is 0 Å². The van der Waals surface area contributed by atoms with Crippen molar-refractivity contribution in [3.63, 3.8) is 0 Å². The zero-order valence-electron chi connectivity index (χ0n) is 9.61. The normalized spacial score (nSPS) is 12.4. The average molecular weight is 244 g/mol. The number of hydrogen-bond acceptors (Lipinski definition) is 5. The number of ether oxygens (including phenoxy) is 1. The lowest BCUT2D eigenvalue weighted by Crippen LogP contribution is -2.23. The molecule has 0 aliphatic heterocycles. The number of hydrogen-bond donors (Lipinski definition) is 2. The molecule has 0 aliphatic carbocycles. The minimum Gasteiger partial charge on any atom is -0.476 e. The number of methoxy groups -OCH3 is 1. The van der Waals surface area contributed by atoms with Crippen molar-refractivity contribution < 1.29 is 14.6 Å². The minimum atomic E-state index is -0.985. The van der Waals surface area contributed by atoms with Crippen LogP contribution in [0, 0.1) is 6.92 Å². The Morgan fingerprint density at radius 3 is 2.81 bits per heavy atom. The molecule has 1 atom stereocenters. The summed E-state index contributed by atoms with van der Waals surface area (Å²) in [5, 5.41) is 12.7. The molecular formula is C10H16N2O3S. The van der Waals surface area contributed by atoms with Crippen LogP contribution in [-0.4, -0.2) is 35.8 Å². The first-order valence-electron chi connectivity index (χ1n) is 5.04. The number of aromatic carboxylic acids is 1. The molecule has 0 aromatic carbocycles. The molecule has 0 spiro atoms. The number of carbonyl (C=O) groups is 1. The molecule has 0 amide bonds. The first kappa shape index (κ1) is 12.9. The van der Waals surface area contributed by atoms with Crippen LogP contribution in [0.5, 0.6) is 0 Å². The molecule has 1 rings (SSSR count). The highest BCUT2D eigenvalue weighted by molar-refractivity contribution is 7.15. The molecule has 6 heteroatoms. The second kappa shape index (κ2) is 5.81. The molecule has 1 heterocycles. The Balaban J connectivity index is 2.73. The topological polar surface area (TPSA) is 71.5 Å². The molecule has 1 aromatic rings. The summed E-state index contributed by atoms with van der Waals surface area (Å²) in [6, 6.07) is 0.164. The van der Waals surface area contributed by atoms with Gasteiger partial charge in [0.05, 0.1) is 12.6 Å². The number of rotatable bonds is 6. The van der Waals surface area contributed by atoms with Crippen LogP contribution in [0.4, 0.5) is 5.13 Å². The Kier molecular flexibility index (Phi) is 4.70. The van der Waals surface area contributed by atoms with Crippen LogP contribution in [0.2, 0.25) is 0 Å². The Hall–Kier alpha value is -1.14. The fraction of sp³-hybridized carbons (Fsp3) is 0.600. The summed E-state index contributed by atoms with van der Waals surface area (Å²) in [4.78, 5) is 15.5. The van der Waals surface area contributed by atoms with Gasteiger partial charge in [0.1, 0.15) is 0 Å². The number of aromatic nitrogens is 1. The number of carboxylic acid groups (broad SMARTS) is 1. The van der Waals surface area contributed by atoms with Crippen LogP contribution < -0.4 is 5.32 Å². The number of thiazole rings is 1. The Labute approximate surface area is 98.5 Å². The molecule has 0 saturated carbocycles. The van der Waals surface area contributed by atoms with E-state index in [0.717, 1.165) is 6.42 Å². The summed E-state index contributed by atoms with van der Waals surface area (Å²) >= 11 is 1.35. The quantitative estimate of drug-likeness (QED) is 0.800. The zero-order valence-corrected chi connectivity index (χ0v) is 10.4. The van der Waals surface area contributed by atoms with Gasteiger partial charge in [0.2, 0.25) is 0 Å². The molecule has 16 heavy (non-hydrogen) atoms. The van der Waals surface area contributed by atoms with E-state index in [1.165, 1.54) is 11.3 Å². The van der Waals surface area contributed by atoms with Crippen molar-refractivity contribution in [2.45, 2.75) is 26.3 Å². The number of nitrogens with one attached hydrogen (secondary N) is 1. The number of anilines is 1. The summed E-state index contributed by atoms with van der Waals surface area (Å²) in [6.07, 6.45) is 0.898. The maximum Gasteiger partial charge on any atom is 0.355 e. The highest BCUT2D eigenvalue weighted by atomic mass is 32.1. The Morgan fingerprint density at radius 2 is 2.38 bits per heavy atom. The first-order chi connectivity index (χ1) is 7.58. The number of aryl methyl sites for hydroxylation is 1. The van der Waals surface area contributed by atoms with E-state index in [2.05, 4.69) is 10.3 Å². The van der Waals surface area contributed by atoms with Crippen molar-refractivity contribution >= 4 is 22.4 Å². The molecule has 0 aliphatic rings. The largest absolute Gasteiger partial charge is 0.476 e. The van der Waals surface area contributed by atoms with E-state index < -0.39 is 5.97 Å². The van der Waals surface area contributed by atoms with E-state index in [9.17, 15) is 4.79 Å². The van der Waals surface area contributed by atoms with Crippen LogP contribution in [-0.2, 0) is 4.74 Å². The van der Waals surface area contributed by atoms with E-state index in [-0.39, 0.29) is 11.7 Å². The maximum atomic E-state index is 10.8. The van der Waals surface area contributed by atoms with Crippen LogP contribution in [0.25, 0.3) is 0 Å². The fourth-order valence-electron chi connectivity index (χ4n) is 1.29. The van der Waals surface area contributed by atoms with E-state index in [4.69, 9.17) is 9.84 Å². The van der Waals surface area contributed by atoms with Gasteiger partial charge in [0.25, 0.3) is 0 Å². The van der Waals surface area contributed by atoms with Crippen LogP contribution >= 0.6 is 11.3 Å². The standard InChI is InChI=1S/C10H16N2O3S/c1-4-7(5-15-3)11-10-12-8(9(13)14)6(2)16-10/h7H,4-5H2,1-3H3,(H,11,12)(H,13,14). The molecule has 1 aromatic heterocycles. The highest BCUT2D eigenvalue weighted by Gasteiger charge is 2.15. The van der Waals surface area contributed by atoms with Gasteiger partial charge >= 0.3 is 5.97 Å². The first-order valence-corrected chi connectivity index (χ1v) is 5.86. The summed E-state index contributed by atoms with van der Waals surface area (Å²) in [6.45, 7) is 4.37. The second-order valence-corrected chi connectivity index (χ2v) is 4.64. The molecular weight excluding hydrogens is 228 g/mol. The van der Waals surface area contributed by atoms with Gasteiger partial charge in [-0.25, -0.2) is 9.78 Å². The number of carboxylic acids is 1. The second-order valence-electron chi connectivity index (χ2n) is 3.43. The predicted octanol–water partition coefficient (Wildman–Crippen LogP) is 1.99. The van der Waals surface area contributed by atoms with E-state index in [1.54, 1.807) is 14.0 Å². The molecule has 90 valence electrons. The molecule has 0 fully saturated rings. The highest BCUT2D eigenvalue weighted by Crippen LogP contribution is 2.23. The van der Waals surface area contributed by atoms with Gasteiger partial charge in [0, 0.05) is 12.0 Å². The van der Waals surface area contributed by atoms with Gasteiger partial charge in [-0.3, -0.25) is 0 Å². The van der Waals surface area contributed by atoms with E-state index >= 15 is 0 Å². The lowest BCUT2D eigenvalue weighted by atomic mass is 10.2. The third-order valence-electron chi connectivity index (χ3n) is 2.19. The third kappa shape index (κ3) is 3.18. The summed E-state index contributed by atoms with van der Waals surface area (Å²) in [5.41, 5.74) is 0.125. The molecule has 1 unspecified atom stereocenters. The molecule has 0 radical (unpaired) electrons. The Morgan fingerprint density at radius 1 is 1.69 bits per heavy atom. The van der Waals surface area contributed by atoms with Gasteiger partial charge in [0.15, 0.2) is 10.8 Å². The smallest absolute Gasteiger partial charge is 0.355 e. The Bertz CT molecular complexity index is 365. The lowest BCUT2D eigenvalue weighted by Gasteiger charge is -2.14. The minimum absolute atomic E-state index is 0.125. The monoisotopic (exact) mass is 244 g/mol. The zero-order chi connectivity index (χ0) is 12.1. The van der Waals surface area contributed by atoms with Gasteiger partial charge in [-0.2, -0.15) is 0 Å². The maximum absolute atomic E-state index is 10.8. The van der Waals surface area contributed by atoms with Crippen molar-refractivity contribution in [3.8, 4) is 0 Å². The third-order valence-corrected chi connectivity index (χ3v) is 3.09. The van der Waals surface area contributed by atoms with Gasteiger partial charge in [-0.1, -0.05) is 6.92 Å². The van der Waals surface area contributed by atoms with Crippen molar-refractivity contribution in [2.24, 2.45) is 0 Å². The number of nitrogens with zero attached hydrogens (tertiary/aromatic N) is 1. The predicted molar refractivity (Wildman–Crippen MR) is 63.4 cm³/mol. The molecule has 5 nitrogen and oxygen atoms in total. The summed E-state index contributed by atoms with van der Waals surface area (Å²) < 4.78 is 5.05. The van der Waals surface area contributed by atoms with Crippen molar-refractivity contribution in [1.29, 1.82) is 0 Å². The van der Waals surface area contributed by atoms with Gasteiger partial charge in [-0.15, -0.1) is 11.3 Å². The van der Waals surface area contributed by atoms with Gasteiger partial charge < -0.3 is 15.2 Å². The summed E-state index contributed by atoms with van der Waals surface area (Å²) in [7, 11) is 1.64. The molecule has 0 bridgehead atoms. The van der Waals surface area contributed by atoms with Crippen LogP contribution in [0.15, 0.2) is 0 Å². The van der Waals surface area contributed by atoms with E-state index in [1.807, 2.05) is 6.92 Å². The SMILES string of the molecule is CCC(COC)Nc1nc(C(=O)O)c(C)s1. The average Bonchev–Trinajstić information content (AvgIpc) is 2.59. The lowest BCUT2D eigenvalue weighted by molar-refractivity contribution is 0.0690. The van der Waals surface area contributed by atoms with Crippen molar-refractivity contribution in [2.75, 3.05) is 19.0 Å². The molecule has 2 N–H and O–H groups in total. The molecule has 0 saturated heterocycles. The summed E-state index contributed by atoms with van der Waals surface area (Å²) in [5.74, 6) is -0.985. The fourth-order valence-corrected chi connectivity index (χ4v) is 2.18. The van der Waals surface area contributed by atoms with Crippen molar-refractivity contribution in [1.82, 2.24) is 4.98 Å². The van der Waals surface area contributed by atoms with Gasteiger partial charge in [-0.05, 0) is 13.3 Å².